The molecule has 1 aromatic rings. The van der Waals surface area contributed by atoms with E-state index in [4.69, 9.17) is 0 Å². The molecule has 1 aliphatic rings. The molecule has 0 unspecified atom stereocenters. The minimum absolute atomic E-state index is 1.04. The average molecular weight is 141 g/mol. The third kappa shape index (κ3) is 0.790. The van der Waals surface area contributed by atoms with Crippen molar-refractivity contribution in [3.8, 4) is 0 Å². The van der Waals surface area contributed by atoms with Gasteiger partial charge in [-0.15, -0.1) is 11.8 Å². The van der Waals surface area contributed by atoms with E-state index in [-0.39, 0.29) is 0 Å². The Morgan fingerprint density at radius 1 is 1.67 bits per heavy atom. The van der Waals surface area contributed by atoms with Crippen LogP contribution in [0.4, 0.5) is 5.82 Å². The largest absolute Gasteiger partial charge is 0.369 e. The summed E-state index contributed by atoms with van der Waals surface area (Å²) in [7, 11) is 0. The van der Waals surface area contributed by atoms with Crippen LogP contribution in [0.5, 0.6) is 0 Å². The Bertz CT molecular complexity index is 187. The Morgan fingerprint density at radius 2 is 2.67 bits per heavy atom. The number of nitrogens with one attached hydrogen (secondary N) is 2. The molecular weight excluding hydrogens is 134 g/mol. The van der Waals surface area contributed by atoms with Crippen molar-refractivity contribution in [1.29, 1.82) is 0 Å². The predicted octanol–water partition coefficient (Wildman–Crippen LogP) is 0.927. The molecule has 2 heterocycles. The third-order valence-corrected chi connectivity index (χ3v) is 2.29. The standard InChI is InChI=1S/C5H7N3S/c1-2-9-4-3-7-8-5(4)6-1/h3H,1-2H2,(H2,6,7,8). The minimum Gasteiger partial charge on any atom is -0.369 e. The first kappa shape index (κ1) is 5.17. The van der Waals surface area contributed by atoms with Crippen LogP contribution in [-0.2, 0) is 0 Å². The number of nitrogens with zero attached hydrogens (tertiary/aromatic N) is 1. The number of fused-ring (bicyclic) bond motifs is 1. The van der Waals surface area contributed by atoms with Gasteiger partial charge < -0.3 is 5.32 Å². The van der Waals surface area contributed by atoms with Gasteiger partial charge in [0.25, 0.3) is 0 Å². The van der Waals surface area contributed by atoms with E-state index in [0.29, 0.717) is 0 Å². The van der Waals surface area contributed by atoms with Crippen molar-refractivity contribution in [3.63, 3.8) is 0 Å². The van der Waals surface area contributed by atoms with Crippen LogP contribution in [-0.4, -0.2) is 22.5 Å². The monoisotopic (exact) mass is 141 g/mol. The number of rotatable bonds is 0. The summed E-state index contributed by atoms with van der Waals surface area (Å²) in [6, 6.07) is 0. The summed E-state index contributed by atoms with van der Waals surface area (Å²) in [5.74, 6) is 2.22. The summed E-state index contributed by atoms with van der Waals surface area (Å²) < 4.78 is 0. The molecular formula is C5H7N3S. The Kier molecular flexibility index (Phi) is 1.12. The number of aromatic nitrogens is 2. The second-order valence-electron chi connectivity index (χ2n) is 1.88. The van der Waals surface area contributed by atoms with Crippen LogP contribution in [0.1, 0.15) is 0 Å². The summed E-state index contributed by atoms with van der Waals surface area (Å²) in [5.41, 5.74) is 0. The molecule has 0 radical (unpaired) electrons. The SMILES string of the molecule is c1n[nH]c2c1SCCN2. The van der Waals surface area contributed by atoms with E-state index in [0.717, 1.165) is 18.1 Å². The predicted molar refractivity (Wildman–Crippen MR) is 37.8 cm³/mol. The van der Waals surface area contributed by atoms with Crippen LogP contribution in [0.15, 0.2) is 11.1 Å². The highest BCUT2D eigenvalue weighted by atomic mass is 32.2. The molecule has 4 heteroatoms. The first-order valence-electron chi connectivity index (χ1n) is 2.87. The first-order valence-corrected chi connectivity index (χ1v) is 3.85. The van der Waals surface area contributed by atoms with Crippen LogP contribution in [0.3, 0.4) is 0 Å². The summed E-state index contributed by atoms with van der Waals surface area (Å²) in [4.78, 5) is 1.24. The van der Waals surface area contributed by atoms with Crippen molar-refractivity contribution in [2.45, 2.75) is 4.90 Å². The van der Waals surface area contributed by atoms with Gasteiger partial charge in [-0.3, -0.25) is 5.10 Å². The highest BCUT2D eigenvalue weighted by molar-refractivity contribution is 7.99. The van der Waals surface area contributed by atoms with Crippen LogP contribution in [0.2, 0.25) is 0 Å². The van der Waals surface area contributed by atoms with Crippen molar-refractivity contribution in [1.82, 2.24) is 10.2 Å². The lowest BCUT2D eigenvalue weighted by Gasteiger charge is -2.10. The summed E-state index contributed by atoms with van der Waals surface area (Å²) in [5, 5.41) is 9.97. The normalized spacial score (nSPS) is 16.4. The van der Waals surface area contributed by atoms with Gasteiger partial charge in [-0.25, -0.2) is 0 Å². The first-order chi connectivity index (χ1) is 4.47. The van der Waals surface area contributed by atoms with Gasteiger partial charge in [-0.2, -0.15) is 5.10 Å². The molecule has 9 heavy (non-hydrogen) atoms. The van der Waals surface area contributed by atoms with Crippen molar-refractivity contribution in [3.05, 3.63) is 6.20 Å². The van der Waals surface area contributed by atoms with Gasteiger partial charge in [0, 0.05) is 12.3 Å². The van der Waals surface area contributed by atoms with Crippen molar-refractivity contribution >= 4 is 17.6 Å². The zero-order valence-electron chi connectivity index (χ0n) is 4.85. The molecule has 48 valence electrons. The quantitative estimate of drug-likeness (QED) is 0.564. The maximum atomic E-state index is 3.90. The van der Waals surface area contributed by atoms with Gasteiger partial charge >= 0.3 is 0 Å². The number of anilines is 1. The number of thioether (sulfide) groups is 1. The fourth-order valence-electron chi connectivity index (χ4n) is 0.848. The summed E-state index contributed by atoms with van der Waals surface area (Å²) in [6.45, 7) is 1.04. The number of hydrogen-bond donors (Lipinski definition) is 2. The van der Waals surface area contributed by atoms with Crippen molar-refractivity contribution < 1.29 is 0 Å². The van der Waals surface area contributed by atoms with E-state index in [2.05, 4.69) is 15.5 Å². The zero-order valence-corrected chi connectivity index (χ0v) is 5.66. The fraction of sp³-hybridized carbons (Fsp3) is 0.400. The molecule has 2 N–H and O–H groups in total. The summed E-state index contributed by atoms with van der Waals surface area (Å²) in [6.07, 6.45) is 1.85. The molecule has 0 aromatic carbocycles. The molecule has 0 saturated carbocycles. The smallest absolute Gasteiger partial charge is 0.135 e. The fourth-order valence-corrected chi connectivity index (χ4v) is 1.66. The Labute approximate surface area is 57.2 Å². The highest BCUT2D eigenvalue weighted by Crippen LogP contribution is 2.27. The number of hydrogen-bond acceptors (Lipinski definition) is 3. The molecule has 0 aliphatic carbocycles. The van der Waals surface area contributed by atoms with Crippen molar-refractivity contribution in [2.75, 3.05) is 17.6 Å². The Morgan fingerprint density at radius 3 is 3.56 bits per heavy atom. The number of H-pyrrole nitrogens is 1. The molecule has 3 nitrogen and oxygen atoms in total. The molecule has 0 amide bonds. The van der Waals surface area contributed by atoms with E-state index < -0.39 is 0 Å². The van der Waals surface area contributed by atoms with Crippen LogP contribution in [0.25, 0.3) is 0 Å². The Balaban J connectivity index is 2.39. The molecule has 0 fully saturated rings. The van der Waals surface area contributed by atoms with Crippen LogP contribution >= 0.6 is 11.8 Å². The van der Waals surface area contributed by atoms with E-state index >= 15 is 0 Å². The second-order valence-corrected chi connectivity index (χ2v) is 3.02. The van der Waals surface area contributed by atoms with Crippen LogP contribution in [0, 0.1) is 0 Å². The lowest BCUT2D eigenvalue weighted by atomic mass is 10.6. The van der Waals surface area contributed by atoms with Crippen molar-refractivity contribution in [2.24, 2.45) is 0 Å². The number of aromatic amines is 1. The molecule has 0 atom stereocenters. The van der Waals surface area contributed by atoms with Gasteiger partial charge in [0.15, 0.2) is 0 Å². The van der Waals surface area contributed by atoms with E-state index in [1.54, 1.807) is 0 Å². The maximum absolute atomic E-state index is 3.90. The van der Waals surface area contributed by atoms with E-state index in [1.807, 2.05) is 18.0 Å². The molecule has 0 bridgehead atoms. The van der Waals surface area contributed by atoms with E-state index in [1.165, 1.54) is 4.90 Å². The second kappa shape index (κ2) is 1.95. The molecule has 2 rings (SSSR count). The molecule has 1 aliphatic heterocycles. The van der Waals surface area contributed by atoms with Gasteiger partial charge in [0.05, 0.1) is 11.1 Å². The average Bonchev–Trinajstić information content (AvgIpc) is 2.33. The minimum atomic E-state index is 1.04. The highest BCUT2D eigenvalue weighted by Gasteiger charge is 2.08. The zero-order chi connectivity index (χ0) is 6.10. The van der Waals surface area contributed by atoms with Gasteiger partial charge in [0.2, 0.25) is 0 Å². The third-order valence-electron chi connectivity index (χ3n) is 1.27. The summed E-state index contributed by atoms with van der Waals surface area (Å²) >= 11 is 1.84. The maximum Gasteiger partial charge on any atom is 0.135 e. The van der Waals surface area contributed by atoms with Gasteiger partial charge in [-0.1, -0.05) is 0 Å². The van der Waals surface area contributed by atoms with E-state index in [9.17, 15) is 0 Å². The van der Waals surface area contributed by atoms with Gasteiger partial charge in [-0.05, 0) is 0 Å². The lowest BCUT2D eigenvalue weighted by Crippen LogP contribution is -2.09. The van der Waals surface area contributed by atoms with Crippen LogP contribution < -0.4 is 5.32 Å². The van der Waals surface area contributed by atoms with Gasteiger partial charge in [0.1, 0.15) is 5.82 Å². The lowest BCUT2D eigenvalue weighted by molar-refractivity contribution is 1.06. The molecule has 1 aromatic heterocycles. The topological polar surface area (TPSA) is 40.7 Å². The molecule has 0 saturated heterocycles. The Hall–Kier alpha value is -0.640. The molecule has 0 spiro atoms.